The zero-order chi connectivity index (χ0) is 19.8. The van der Waals surface area contributed by atoms with Gasteiger partial charge in [0.2, 0.25) is 0 Å². The zero-order valence-electron chi connectivity index (χ0n) is 15.9. The van der Waals surface area contributed by atoms with Crippen LogP contribution in [0.5, 0.6) is 11.5 Å². The van der Waals surface area contributed by atoms with Crippen LogP contribution in [-0.4, -0.2) is 39.0 Å². The number of anilines is 1. The molecule has 2 rings (SSSR count). The number of rotatable bonds is 7. The molecule has 0 aromatic heterocycles. The van der Waals surface area contributed by atoms with E-state index in [0.717, 1.165) is 23.2 Å². The van der Waals surface area contributed by atoms with Gasteiger partial charge in [-0.3, -0.25) is 0 Å². The minimum Gasteiger partial charge on any atom is -0.493 e. The molecule has 0 fully saturated rings. The zero-order valence-corrected chi connectivity index (χ0v) is 16.7. The fraction of sp³-hybridized carbons (Fsp3) is 0.300. The van der Waals surface area contributed by atoms with Crippen molar-refractivity contribution >= 4 is 29.0 Å². The second-order valence-corrected chi connectivity index (χ2v) is 6.20. The lowest BCUT2D eigenvalue weighted by Gasteiger charge is -2.14. The molecule has 0 unspecified atom stereocenters. The number of hydrogen-bond acceptors (Lipinski definition) is 5. The number of ether oxygens (including phenoxy) is 3. The van der Waals surface area contributed by atoms with E-state index in [9.17, 15) is 4.79 Å². The van der Waals surface area contributed by atoms with Crippen molar-refractivity contribution in [2.24, 2.45) is 0 Å². The Morgan fingerprint density at radius 2 is 1.81 bits per heavy atom. The third kappa shape index (κ3) is 5.34. The monoisotopic (exact) mass is 388 g/mol. The molecule has 27 heavy (non-hydrogen) atoms. The quantitative estimate of drug-likeness (QED) is 0.557. The summed E-state index contributed by atoms with van der Waals surface area (Å²) in [6.07, 6.45) is 0.767. The molecule has 0 saturated heterocycles. The molecule has 0 spiro atoms. The van der Waals surface area contributed by atoms with E-state index in [4.69, 9.17) is 26.4 Å². The summed E-state index contributed by atoms with van der Waals surface area (Å²) in [6, 6.07) is 11.2. The number of methoxy groups -OCH3 is 3. The second kappa shape index (κ2) is 9.78. The average molecular weight is 388 g/mol. The highest BCUT2D eigenvalue weighted by molar-refractivity contribution is 7.80. The maximum atomic E-state index is 11.8. The average Bonchev–Trinajstić information content (AvgIpc) is 2.68. The van der Waals surface area contributed by atoms with Crippen molar-refractivity contribution in [2.45, 2.75) is 13.3 Å². The van der Waals surface area contributed by atoms with Crippen LogP contribution in [-0.2, 0) is 11.2 Å². The van der Waals surface area contributed by atoms with Gasteiger partial charge in [-0.05, 0) is 61.0 Å². The summed E-state index contributed by atoms with van der Waals surface area (Å²) in [5.41, 5.74) is 3.16. The van der Waals surface area contributed by atoms with Crippen LogP contribution >= 0.6 is 12.2 Å². The van der Waals surface area contributed by atoms with Gasteiger partial charge in [-0.25, -0.2) is 4.79 Å². The molecule has 0 aliphatic rings. The number of nitrogens with one attached hydrogen (secondary N) is 2. The van der Waals surface area contributed by atoms with Crippen molar-refractivity contribution in [3.8, 4) is 11.5 Å². The van der Waals surface area contributed by atoms with Crippen molar-refractivity contribution in [1.82, 2.24) is 5.32 Å². The maximum Gasteiger partial charge on any atom is 0.338 e. The number of carbonyl (C=O) groups is 1. The minimum atomic E-state index is -0.372. The molecule has 2 aromatic carbocycles. The third-order valence-corrected chi connectivity index (χ3v) is 4.38. The molecular weight excluding hydrogens is 364 g/mol. The first-order valence-electron chi connectivity index (χ1n) is 8.43. The molecule has 0 radical (unpaired) electrons. The molecule has 0 aliphatic carbocycles. The summed E-state index contributed by atoms with van der Waals surface area (Å²) in [4.78, 5) is 11.8. The van der Waals surface area contributed by atoms with Crippen molar-refractivity contribution < 1.29 is 19.0 Å². The van der Waals surface area contributed by atoms with Gasteiger partial charge in [0.1, 0.15) is 0 Å². The molecule has 2 aromatic rings. The Kier molecular flexibility index (Phi) is 7.43. The van der Waals surface area contributed by atoms with Crippen LogP contribution in [0.1, 0.15) is 21.5 Å². The molecule has 6 nitrogen and oxygen atoms in total. The molecule has 0 bridgehead atoms. The van der Waals surface area contributed by atoms with Crippen molar-refractivity contribution in [2.75, 3.05) is 33.2 Å². The van der Waals surface area contributed by atoms with Crippen molar-refractivity contribution in [3.05, 3.63) is 53.1 Å². The van der Waals surface area contributed by atoms with Crippen LogP contribution in [0.4, 0.5) is 5.69 Å². The van der Waals surface area contributed by atoms with Crippen LogP contribution in [0.2, 0.25) is 0 Å². The molecule has 144 valence electrons. The number of benzene rings is 2. The fourth-order valence-corrected chi connectivity index (χ4v) is 2.84. The van der Waals surface area contributed by atoms with Gasteiger partial charge >= 0.3 is 5.97 Å². The van der Waals surface area contributed by atoms with E-state index in [0.29, 0.717) is 28.7 Å². The summed E-state index contributed by atoms with van der Waals surface area (Å²) < 4.78 is 15.3. The lowest BCUT2D eigenvalue weighted by molar-refractivity contribution is 0.0600. The predicted molar refractivity (Wildman–Crippen MR) is 110 cm³/mol. The SMILES string of the molecule is COC(=O)c1cccc(NC(=S)NCCc2ccc(OC)c(OC)c2)c1C. The summed E-state index contributed by atoms with van der Waals surface area (Å²) in [5, 5.41) is 6.78. The topological polar surface area (TPSA) is 68.8 Å². The van der Waals surface area contributed by atoms with E-state index in [2.05, 4.69) is 10.6 Å². The molecule has 7 heteroatoms. The molecule has 2 N–H and O–H groups in total. The van der Waals surface area contributed by atoms with E-state index < -0.39 is 0 Å². The molecule has 0 atom stereocenters. The van der Waals surface area contributed by atoms with Gasteiger partial charge in [-0.2, -0.15) is 0 Å². The van der Waals surface area contributed by atoms with E-state index in [1.54, 1.807) is 26.4 Å². The summed E-state index contributed by atoms with van der Waals surface area (Å²) in [5.74, 6) is 1.03. The van der Waals surface area contributed by atoms with Gasteiger partial charge in [-0.15, -0.1) is 0 Å². The van der Waals surface area contributed by atoms with Gasteiger partial charge in [0.05, 0.1) is 26.9 Å². The summed E-state index contributed by atoms with van der Waals surface area (Å²) in [6.45, 7) is 2.50. The molecular formula is C20H24N2O4S. The smallest absolute Gasteiger partial charge is 0.338 e. The van der Waals surface area contributed by atoms with Crippen LogP contribution < -0.4 is 20.1 Å². The molecule has 0 aliphatic heterocycles. The highest BCUT2D eigenvalue weighted by atomic mass is 32.1. The molecule has 0 heterocycles. The predicted octanol–water partition coefficient (Wildman–Crippen LogP) is 3.33. The highest BCUT2D eigenvalue weighted by Gasteiger charge is 2.12. The number of carbonyl (C=O) groups excluding carboxylic acids is 1. The van der Waals surface area contributed by atoms with E-state index in [1.807, 2.05) is 31.2 Å². The van der Waals surface area contributed by atoms with Crippen molar-refractivity contribution in [3.63, 3.8) is 0 Å². The van der Waals surface area contributed by atoms with E-state index in [1.165, 1.54) is 7.11 Å². The highest BCUT2D eigenvalue weighted by Crippen LogP contribution is 2.27. The van der Waals surface area contributed by atoms with E-state index >= 15 is 0 Å². The van der Waals surface area contributed by atoms with Crippen molar-refractivity contribution in [1.29, 1.82) is 0 Å². The normalized spacial score (nSPS) is 10.1. The van der Waals surface area contributed by atoms with Gasteiger partial charge in [0.25, 0.3) is 0 Å². The second-order valence-electron chi connectivity index (χ2n) is 5.79. The Labute approximate surface area is 164 Å². The standard InChI is InChI=1S/C20H24N2O4S/c1-13-15(19(23)26-4)6-5-7-16(13)22-20(27)21-11-10-14-8-9-17(24-2)18(12-14)25-3/h5-9,12H,10-11H2,1-4H3,(H2,21,22,27). The number of hydrogen-bond donors (Lipinski definition) is 2. The maximum absolute atomic E-state index is 11.8. The van der Waals surface area contributed by atoms with Gasteiger partial charge in [-0.1, -0.05) is 12.1 Å². The van der Waals surface area contributed by atoms with Gasteiger partial charge in [0.15, 0.2) is 16.6 Å². The molecule has 0 saturated carbocycles. The first-order valence-corrected chi connectivity index (χ1v) is 8.84. The largest absolute Gasteiger partial charge is 0.493 e. The first-order chi connectivity index (χ1) is 13.0. The fourth-order valence-electron chi connectivity index (χ4n) is 2.63. The van der Waals surface area contributed by atoms with Gasteiger partial charge in [0, 0.05) is 12.2 Å². The third-order valence-electron chi connectivity index (χ3n) is 4.13. The Morgan fingerprint density at radius 3 is 2.48 bits per heavy atom. The lowest BCUT2D eigenvalue weighted by Crippen LogP contribution is -2.30. The first kappa shape index (κ1) is 20.5. The Morgan fingerprint density at radius 1 is 1.07 bits per heavy atom. The Hall–Kier alpha value is -2.80. The molecule has 0 amide bonds. The number of thiocarbonyl (C=S) groups is 1. The van der Waals surface area contributed by atoms with Crippen LogP contribution in [0.25, 0.3) is 0 Å². The Bertz CT molecular complexity index is 824. The van der Waals surface area contributed by atoms with Crippen LogP contribution in [0.3, 0.4) is 0 Å². The van der Waals surface area contributed by atoms with E-state index in [-0.39, 0.29) is 5.97 Å². The number of esters is 1. The Balaban J connectivity index is 1.93. The summed E-state index contributed by atoms with van der Waals surface area (Å²) in [7, 11) is 4.59. The lowest BCUT2D eigenvalue weighted by atomic mass is 10.1. The summed E-state index contributed by atoms with van der Waals surface area (Å²) >= 11 is 5.35. The minimum absolute atomic E-state index is 0.372. The van der Waals surface area contributed by atoms with Crippen LogP contribution in [0, 0.1) is 6.92 Å². The van der Waals surface area contributed by atoms with Gasteiger partial charge < -0.3 is 24.8 Å². The van der Waals surface area contributed by atoms with Crippen LogP contribution in [0.15, 0.2) is 36.4 Å².